The quantitative estimate of drug-likeness (QED) is 0.642. The Kier molecular flexibility index (Phi) is 6.16. The Morgan fingerprint density at radius 2 is 1.57 bits per heavy atom. The van der Waals surface area contributed by atoms with Crippen molar-refractivity contribution in [3.8, 4) is 29.1 Å². The number of hydrogen-bond acceptors (Lipinski definition) is 4. The molecule has 1 N–H and O–H groups in total. The first-order valence-corrected chi connectivity index (χ1v) is 9.67. The van der Waals surface area contributed by atoms with Crippen molar-refractivity contribution in [3.63, 3.8) is 0 Å². The zero-order valence-corrected chi connectivity index (χ0v) is 16.3. The molecule has 0 unspecified atom stereocenters. The predicted molar refractivity (Wildman–Crippen MR) is 114 cm³/mol. The van der Waals surface area contributed by atoms with Crippen molar-refractivity contribution in [2.24, 2.45) is 0 Å². The topological polar surface area (TPSA) is 56.8 Å². The van der Waals surface area contributed by atoms with Gasteiger partial charge in [0.1, 0.15) is 12.4 Å². The Bertz CT molecular complexity index is 1020. The summed E-state index contributed by atoms with van der Waals surface area (Å²) in [6, 6.07) is 24.9. The number of carbonyl (C=O) groups is 1. The van der Waals surface area contributed by atoms with Gasteiger partial charge in [-0.25, -0.2) is 0 Å². The SMILES string of the molecule is O=C(NCC#CCOc1ccc2c(c1)OCO2)C(c1ccccc1)c1ccccc1. The van der Waals surface area contributed by atoms with E-state index in [1.165, 1.54) is 0 Å². The largest absolute Gasteiger partial charge is 0.481 e. The molecule has 0 aromatic heterocycles. The van der Waals surface area contributed by atoms with Crippen LogP contribution < -0.4 is 19.5 Å². The number of hydrogen-bond donors (Lipinski definition) is 1. The predicted octanol–water partition coefficient (Wildman–Crippen LogP) is 3.75. The third kappa shape index (κ3) is 4.73. The van der Waals surface area contributed by atoms with Crippen LogP contribution in [0.15, 0.2) is 78.9 Å². The van der Waals surface area contributed by atoms with Gasteiger partial charge in [-0.1, -0.05) is 72.5 Å². The molecule has 3 aromatic carbocycles. The fourth-order valence-corrected chi connectivity index (χ4v) is 3.22. The molecule has 5 heteroatoms. The van der Waals surface area contributed by atoms with Crippen molar-refractivity contribution in [2.75, 3.05) is 19.9 Å². The summed E-state index contributed by atoms with van der Waals surface area (Å²) < 4.78 is 16.2. The minimum absolute atomic E-state index is 0.0848. The van der Waals surface area contributed by atoms with Crippen molar-refractivity contribution < 1.29 is 19.0 Å². The Hall–Kier alpha value is -3.91. The summed E-state index contributed by atoms with van der Waals surface area (Å²) in [5.74, 6) is 7.43. The highest BCUT2D eigenvalue weighted by molar-refractivity contribution is 5.87. The van der Waals surface area contributed by atoms with Crippen LogP contribution in [0.2, 0.25) is 0 Å². The van der Waals surface area contributed by atoms with Crippen molar-refractivity contribution in [2.45, 2.75) is 5.92 Å². The van der Waals surface area contributed by atoms with Gasteiger partial charge in [-0.15, -0.1) is 0 Å². The molecule has 0 aliphatic carbocycles. The van der Waals surface area contributed by atoms with E-state index >= 15 is 0 Å². The molecule has 30 heavy (non-hydrogen) atoms. The van der Waals surface area contributed by atoms with Crippen LogP contribution in [-0.4, -0.2) is 25.9 Å². The molecule has 0 saturated carbocycles. The monoisotopic (exact) mass is 399 g/mol. The van der Waals surface area contributed by atoms with Crippen LogP contribution in [-0.2, 0) is 4.79 Å². The molecule has 0 radical (unpaired) electrons. The van der Waals surface area contributed by atoms with Gasteiger partial charge in [-0.05, 0) is 23.3 Å². The first-order valence-electron chi connectivity index (χ1n) is 9.67. The highest BCUT2D eigenvalue weighted by Crippen LogP contribution is 2.35. The lowest BCUT2D eigenvalue weighted by molar-refractivity contribution is -0.121. The fraction of sp³-hybridized carbons (Fsp3) is 0.160. The smallest absolute Gasteiger partial charge is 0.232 e. The number of benzene rings is 3. The van der Waals surface area contributed by atoms with Gasteiger partial charge < -0.3 is 19.5 Å². The average molecular weight is 399 g/mol. The second-order valence-electron chi connectivity index (χ2n) is 6.63. The summed E-state index contributed by atoms with van der Waals surface area (Å²) in [5, 5.41) is 2.91. The summed E-state index contributed by atoms with van der Waals surface area (Å²) in [6.45, 7) is 0.695. The summed E-state index contributed by atoms with van der Waals surface area (Å²) in [7, 11) is 0. The van der Waals surface area contributed by atoms with E-state index in [0.717, 1.165) is 11.1 Å². The molecule has 1 amide bonds. The Morgan fingerprint density at radius 3 is 2.27 bits per heavy atom. The minimum Gasteiger partial charge on any atom is -0.481 e. The second kappa shape index (κ2) is 9.53. The van der Waals surface area contributed by atoms with Crippen molar-refractivity contribution in [3.05, 3.63) is 90.0 Å². The van der Waals surface area contributed by atoms with E-state index in [1.54, 1.807) is 18.2 Å². The second-order valence-corrected chi connectivity index (χ2v) is 6.63. The highest BCUT2D eigenvalue weighted by atomic mass is 16.7. The Labute approximate surface area is 175 Å². The summed E-state index contributed by atoms with van der Waals surface area (Å²) in [6.07, 6.45) is 0. The molecule has 0 atom stereocenters. The number of fused-ring (bicyclic) bond motifs is 1. The van der Waals surface area contributed by atoms with E-state index < -0.39 is 0 Å². The maximum Gasteiger partial charge on any atom is 0.232 e. The van der Waals surface area contributed by atoms with Crippen molar-refractivity contribution >= 4 is 5.91 Å². The Morgan fingerprint density at radius 1 is 0.900 bits per heavy atom. The molecule has 1 heterocycles. The number of nitrogens with one attached hydrogen (secondary N) is 1. The molecule has 5 nitrogen and oxygen atoms in total. The molecule has 1 aliphatic heterocycles. The van der Waals surface area contributed by atoms with E-state index in [-0.39, 0.29) is 31.8 Å². The van der Waals surface area contributed by atoms with Gasteiger partial charge >= 0.3 is 0 Å². The van der Waals surface area contributed by atoms with E-state index in [4.69, 9.17) is 14.2 Å². The first kappa shape index (κ1) is 19.4. The lowest BCUT2D eigenvalue weighted by atomic mass is 9.90. The molecule has 0 bridgehead atoms. The van der Waals surface area contributed by atoms with E-state index in [1.807, 2.05) is 60.7 Å². The van der Waals surface area contributed by atoms with Crippen LogP contribution >= 0.6 is 0 Å². The van der Waals surface area contributed by atoms with Crippen LogP contribution in [0.25, 0.3) is 0 Å². The lowest BCUT2D eigenvalue weighted by Crippen LogP contribution is -2.30. The minimum atomic E-state index is -0.376. The van der Waals surface area contributed by atoms with Crippen LogP contribution in [0.4, 0.5) is 0 Å². The Balaban J connectivity index is 1.32. The van der Waals surface area contributed by atoms with Gasteiger partial charge in [0.2, 0.25) is 12.7 Å². The van der Waals surface area contributed by atoms with Crippen LogP contribution in [0.1, 0.15) is 17.0 Å². The van der Waals surface area contributed by atoms with Gasteiger partial charge in [0.15, 0.2) is 11.5 Å². The lowest BCUT2D eigenvalue weighted by Gasteiger charge is -2.17. The molecule has 0 saturated heterocycles. The summed E-state index contributed by atoms with van der Waals surface area (Å²) in [5.41, 5.74) is 1.89. The van der Waals surface area contributed by atoms with Crippen molar-refractivity contribution in [1.29, 1.82) is 0 Å². The number of rotatable bonds is 6. The average Bonchev–Trinajstić information content (AvgIpc) is 3.26. The zero-order chi connectivity index (χ0) is 20.6. The number of amides is 1. The molecule has 150 valence electrons. The van der Waals surface area contributed by atoms with Gasteiger partial charge in [0.05, 0.1) is 12.5 Å². The van der Waals surface area contributed by atoms with E-state index in [9.17, 15) is 4.79 Å². The van der Waals surface area contributed by atoms with Gasteiger partial charge in [-0.3, -0.25) is 4.79 Å². The van der Waals surface area contributed by atoms with Crippen LogP contribution in [0.3, 0.4) is 0 Å². The molecular weight excluding hydrogens is 378 g/mol. The molecule has 0 fully saturated rings. The zero-order valence-electron chi connectivity index (χ0n) is 16.3. The highest BCUT2D eigenvalue weighted by Gasteiger charge is 2.21. The maximum atomic E-state index is 12.9. The third-order valence-electron chi connectivity index (χ3n) is 4.66. The van der Waals surface area contributed by atoms with Crippen LogP contribution in [0, 0.1) is 11.8 Å². The third-order valence-corrected chi connectivity index (χ3v) is 4.66. The molecule has 0 spiro atoms. The molecular formula is C25H21NO4. The van der Waals surface area contributed by atoms with Crippen molar-refractivity contribution in [1.82, 2.24) is 5.32 Å². The maximum absolute atomic E-state index is 12.9. The fourth-order valence-electron chi connectivity index (χ4n) is 3.22. The molecule has 4 rings (SSSR count). The summed E-state index contributed by atoms with van der Waals surface area (Å²) >= 11 is 0. The van der Waals surface area contributed by atoms with Crippen LogP contribution in [0.5, 0.6) is 17.2 Å². The molecule has 1 aliphatic rings. The number of carbonyl (C=O) groups excluding carboxylic acids is 1. The normalized spacial score (nSPS) is 11.5. The van der Waals surface area contributed by atoms with Gasteiger partial charge in [0, 0.05) is 6.07 Å². The number of ether oxygens (including phenoxy) is 3. The first-order chi connectivity index (χ1) is 14.8. The van der Waals surface area contributed by atoms with E-state index in [0.29, 0.717) is 17.2 Å². The summed E-state index contributed by atoms with van der Waals surface area (Å²) in [4.78, 5) is 12.9. The van der Waals surface area contributed by atoms with Gasteiger partial charge in [0.25, 0.3) is 0 Å². The molecule has 3 aromatic rings. The van der Waals surface area contributed by atoms with E-state index in [2.05, 4.69) is 17.2 Å². The van der Waals surface area contributed by atoms with Gasteiger partial charge in [-0.2, -0.15) is 0 Å². The standard InChI is InChI=1S/C25H21NO4/c27-25(24(19-9-3-1-4-10-19)20-11-5-2-6-12-20)26-15-7-8-16-28-21-13-14-22-23(17-21)30-18-29-22/h1-6,9-14,17,24H,15-16,18H2,(H,26,27).